The number of hydrogen-bond acceptors (Lipinski definition) is 3. The summed E-state index contributed by atoms with van der Waals surface area (Å²) in [4.78, 5) is 4.29. The molecule has 0 N–H and O–H groups in total. The molecule has 0 unspecified atom stereocenters. The quantitative estimate of drug-likeness (QED) is 0.665. The molecule has 0 radical (unpaired) electrons. The van der Waals surface area contributed by atoms with Gasteiger partial charge in [0.2, 0.25) is 0 Å². The molecule has 1 heterocycles. The zero-order valence-electron chi connectivity index (χ0n) is 8.69. The first-order valence-electron chi connectivity index (χ1n) is 5.10. The van der Waals surface area contributed by atoms with Gasteiger partial charge in [-0.05, 0) is 36.4 Å². The number of rotatable bonds is 4. The Morgan fingerprint density at radius 2 is 2.19 bits per heavy atom. The summed E-state index contributed by atoms with van der Waals surface area (Å²) in [5.74, 6) is 1.60. The van der Waals surface area contributed by atoms with E-state index in [9.17, 15) is 0 Å². The minimum absolute atomic E-state index is 0.650. The zero-order valence-corrected chi connectivity index (χ0v) is 10.3. The van der Waals surface area contributed by atoms with Gasteiger partial charge in [-0.25, -0.2) is 0 Å². The van der Waals surface area contributed by atoms with Gasteiger partial charge in [-0.15, -0.1) is 0 Å². The molecule has 0 amide bonds. The highest BCUT2D eigenvalue weighted by atomic mass is 35.5. The Bertz CT molecular complexity index is 489. The molecule has 16 heavy (non-hydrogen) atoms. The third-order valence-electron chi connectivity index (χ3n) is 2.24. The lowest BCUT2D eigenvalue weighted by molar-refractivity contribution is 0.322. The van der Waals surface area contributed by atoms with Crippen LogP contribution in [0, 0.1) is 0 Å². The van der Waals surface area contributed by atoms with Gasteiger partial charge in [-0.3, -0.25) is 4.98 Å². The molecule has 0 aliphatic carbocycles. The van der Waals surface area contributed by atoms with Crippen LogP contribution in [0.15, 0.2) is 30.5 Å². The van der Waals surface area contributed by atoms with Crippen molar-refractivity contribution in [2.24, 2.45) is 0 Å². The molecule has 2 nitrogen and oxygen atoms in total. The molecular formula is C12H12ClNOS. The number of halogens is 1. The van der Waals surface area contributed by atoms with Crippen molar-refractivity contribution in [3.63, 3.8) is 0 Å². The summed E-state index contributed by atoms with van der Waals surface area (Å²) >= 11 is 10.2. The van der Waals surface area contributed by atoms with Crippen LogP contribution in [0.1, 0.15) is 6.42 Å². The van der Waals surface area contributed by atoms with Gasteiger partial charge in [0.15, 0.2) is 0 Å². The Balaban J connectivity index is 2.35. The molecule has 0 saturated carbocycles. The van der Waals surface area contributed by atoms with Crippen LogP contribution >= 0.6 is 24.2 Å². The summed E-state index contributed by atoms with van der Waals surface area (Å²) in [6.45, 7) is 0.650. The van der Waals surface area contributed by atoms with E-state index in [1.807, 2.05) is 24.3 Å². The Hall–Kier alpha value is -0.930. The number of ether oxygens (including phenoxy) is 1. The molecule has 0 aliphatic heterocycles. The van der Waals surface area contributed by atoms with E-state index in [1.54, 1.807) is 6.20 Å². The fraction of sp³-hybridized carbons (Fsp3) is 0.250. The second-order valence-corrected chi connectivity index (χ2v) is 4.23. The van der Waals surface area contributed by atoms with E-state index in [0.717, 1.165) is 28.8 Å². The first kappa shape index (κ1) is 11.6. The Morgan fingerprint density at radius 1 is 1.31 bits per heavy atom. The summed E-state index contributed by atoms with van der Waals surface area (Å²) in [5, 5.41) is 1.62. The van der Waals surface area contributed by atoms with Crippen LogP contribution in [-0.4, -0.2) is 17.3 Å². The van der Waals surface area contributed by atoms with Gasteiger partial charge in [0.25, 0.3) is 0 Å². The van der Waals surface area contributed by atoms with Crippen LogP contribution in [0.4, 0.5) is 0 Å². The van der Waals surface area contributed by atoms with Gasteiger partial charge in [0, 0.05) is 11.6 Å². The summed E-state index contributed by atoms with van der Waals surface area (Å²) in [5.41, 5.74) is 0.814. The zero-order chi connectivity index (χ0) is 11.4. The van der Waals surface area contributed by atoms with Crippen LogP contribution in [0.2, 0.25) is 5.02 Å². The lowest BCUT2D eigenvalue weighted by Gasteiger charge is -2.08. The highest BCUT2D eigenvalue weighted by Crippen LogP contribution is 2.29. The molecule has 0 aliphatic rings. The molecule has 0 bridgehead atoms. The SMILES string of the molecule is SCCCOc1ccc(Cl)c2cccnc12. The van der Waals surface area contributed by atoms with Gasteiger partial charge in [0.05, 0.1) is 11.6 Å². The summed E-state index contributed by atoms with van der Waals surface area (Å²) in [7, 11) is 0. The first-order valence-corrected chi connectivity index (χ1v) is 6.11. The van der Waals surface area contributed by atoms with Gasteiger partial charge in [0.1, 0.15) is 11.3 Å². The molecule has 0 fully saturated rings. The van der Waals surface area contributed by atoms with E-state index in [4.69, 9.17) is 16.3 Å². The maximum absolute atomic E-state index is 6.08. The lowest BCUT2D eigenvalue weighted by Crippen LogP contribution is -1.99. The van der Waals surface area contributed by atoms with Crippen molar-refractivity contribution in [1.82, 2.24) is 4.98 Å². The Labute approximate surface area is 105 Å². The number of fused-ring (bicyclic) bond motifs is 1. The minimum atomic E-state index is 0.650. The number of nitrogens with zero attached hydrogens (tertiary/aromatic N) is 1. The Kier molecular flexibility index (Phi) is 3.91. The van der Waals surface area contributed by atoms with Crippen LogP contribution in [0.25, 0.3) is 10.9 Å². The normalized spacial score (nSPS) is 10.6. The third-order valence-corrected chi connectivity index (χ3v) is 2.89. The average Bonchev–Trinajstić information content (AvgIpc) is 2.33. The summed E-state index contributed by atoms with van der Waals surface area (Å²) < 4.78 is 5.64. The second kappa shape index (κ2) is 5.41. The molecule has 0 atom stereocenters. The molecule has 84 valence electrons. The van der Waals surface area contributed by atoms with E-state index in [-0.39, 0.29) is 0 Å². The van der Waals surface area contributed by atoms with Crippen molar-refractivity contribution >= 4 is 35.1 Å². The number of pyridine rings is 1. The minimum Gasteiger partial charge on any atom is -0.491 e. The molecule has 1 aromatic carbocycles. The van der Waals surface area contributed by atoms with Crippen molar-refractivity contribution in [3.05, 3.63) is 35.5 Å². The predicted molar refractivity (Wildman–Crippen MR) is 70.7 cm³/mol. The van der Waals surface area contributed by atoms with E-state index in [1.165, 1.54) is 0 Å². The fourth-order valence-electron chi connectivity index (χ4n) is 1.48. The van der Waals surface area contributed by atoms with Crippen molar-refractivity contribution in [2.75, 3.05) is 12.4 Å². The van der Waals surface area contributed by atoms with E-state index in [0.29, 0.717) is 11.6 Å². The van der Waals surface area contributed by atoms with Crippen molar-refractivity contribution in [3.8, 4) is 5.75 Å². The number of benzene rings is 1. The van der Waals surface area contributed by atoms with Gasteiger partial charge < -0.3 is 4.74 Å². The maximum Gasteiger partial charge on any atom is 0.145 e. The van der Waals surface area contributed by atoms with Crippen molar-refractivity contribution in [2.45, 2.75) is 6.42 Å². The second-order valence-electron chi connectivity index (χ2n) is 3.37. The topological polar surface area (TPSA) is 22.1 Å². The van der Waals surface area contributed by atoms with Crippen LogP contribution in [0.3, 0.4) is 0 Å². The smallest absolute Gasteiger partial charge is 0.145 e. The molecule has 2 aromatic rings. The largest absolute Gasteiger partial charge is 0.491 e. The highest BCUT2D eigenvalue weighted by molar-refractivity contribution is 7.80. The third kappa shape index (κ3) is 2.42. The molecule has 4 heteroatoms. The summed E-state index contributed by atoms with van der Waals surface area (Å²) in [6.07, 6.45) is 2.66. The van der Waals surface area contributed by atoms with Crippen molar-refractivity contribution in [1.29, 1.82) is 0 Å². The molecule has 0 saturated heterocycles. The Morgan fingerprint density at radius 3 is 3.00 bits per heavy atom. The maximum atomic E-state index is 6.08. The van der Waals surface area contributed by atoms with Gasteiger partial charge in [-0.2, -0.15) is 12.6 Å². The molecule has 1 aromatic heterocycles. The summed E-state index contributed by atoms with van der Waals surface area (Å²) in [6, 6.07) is 7.50. The predicted octanol–water partition coefficient (Wildman–Crippen LogP) is 3.59. The monoisotopic (exact) mass is 253 g/mol. The van der Waals surface area contributed by atoms with E-state index in [2.05, 4.69) is 17.6 Å². The molecule has 0 spiro atoms. The van der Waals surface area contributed by atoms with E-state index >= 15 is 0 Å². The number of hydrogen-bond donors (Lipinski definition) is 1. The van der Waals surface area contributed by atoms with E-state index < -0.39 is 0 Å². The number of aromatic nitrogens is 1. The fourth-order valence-corrected chi connectivity index (χ4v) is 1.82. The number of thiol groups is 1. The highest BCUT2D eigenvalue weighted by Gasteiger charge is 2.05. The first-order chi connectivity index (χ1) is 7.83. The van der Waals surface area contributed by atoms with Crippen LogP contribution in [0.5, 0.6) is 5.75 Å². The van der Waals surface area contributed by atoms with Crippen molar-refractivity contribution < 1.29 is 4.74 Å². The van der Waals surface area contributed by atoms with Gasteiger partial charge >= 0.3 is 0 Å². The van der Waals surface area contributed by atoms with Crippen LogP contribution in [-0.2, 0) is 0 Å². The molecular weight excluding hydrogens is 242 g/mol. The van der Waals surface area contributed by atoms with Gasteiger partial charge in [-0.1, -0.05) is 11.6 Å². The standard InChI is InChI=1S/C12H12ClNOS/c13-10-4-5-11(15-7-2-8-16)12-9(10)3-1-6-14-12/h1,3-6,16H,2,7-8H2. The van der Waals surface area contributed by atoms with Crippen LogP contribution < -0.4 is 4.74 Å². The molecule has 2 rings (SSSR count). The lowest BCUT2D eigenvalue weighted by atomic mass is 10.2. The average molecular weight is 254 g/mol.